The molecule has 0 unspecified atom stereocenters. The van der Waals surface area contributed by atoms with Crippen LogP contribution in [0.4, 0.5) is 5.69 Å². The van der Waals surface area contributed by atoms with Gasteiger partial charge in [-0.05, 0) is 82.7 Å². The van der Waals surface area contributed by atoms with E-state index in [0.717, 1.165) is 11.1 Å². The summed E-state index contributed by atoms with van der Waals surface area (Å²) in [5.41, 5.74) is 2.92. The van der Waals surface area contributed by atoms with Crippen molar-refractivity contribution in [2.45, 2.75) is 73.1 Å². The Hall–Kier alpha value is -2.85. The summed E-state index contributed by atoms with van der Waals surface area (Å²) in [5.74, 6) is 1.30. The fourth-order valence-electron chi connectivity index (χ4n) is 6.17. The van der Waals surface area contributed by atoms with Gasteiger partial charge in [-0.1, -0.05) is 45.4 Å². The van der Waals surface area contributed by atoms with Crippen LogP contribution in [0.1, 0.15) is 77.3 Å². The number of carbonyl (C=O) groups excluding carboxylic acids is 3. The highest BCUT2D eigenvalue weighted by atomic mass is 127. The van der Waals surface area contributed by atoms with Crippen LogP contribution in [0.25, 0.3) is 0 Å². The number of hydrogen-bond donors (Lipinski definition) is 1. The number of anilines is 1. The number of amides is 1. The molecule has 43 heavy (non-hydrogen) atoms. The lowest BCUT2D eigenvalue weighted by Gasteiger charge is -2.42. The Morgan fingerprint density at radius 1 is 0.977 bits per heavy atom. The summed E-state index contributed by atoms with van der Waals surface area (Å²) < 4.78 is 19.1. The number of ketones is 2. The highest BCUT2D eigenvalue weighted by molar-refractivity contribution is 14.1. The number of benzene rings is 2. The third-order valence-corrected chi connectivity index (χ3v) is 9.26. The van der Waals surface area contributed by atoms with E-state index in [1.807, 2.05) is 32.0 Å². The van der Waals surface area contributed by atoms with Crippen LogP contribution < -0.4 is 14.8 Å². The lowest BCUT2D eigenvalue weighted by Crippen LogP contribution is -2.37. The second kappa shape index (κ2) is 11.9. The molecule has 0 radical (unpaired) electrons. The second-order valence-corrected chi connectivity index (χ2v) is 14.7. The zero-order chi connectivity index (χ0) is 31.3. The molecule has 228 valence electrons. The molecule has 5 rings (SSSR count). The average molecular weight is 718 g/mol. The van der Waals surface area contributed by atoms with Crippen molar-refractivity contribution in [3.05, 3.63) is 72.7 Å². The molecule has 0 saturated carbocycles. The molecule has 3 aliphatic rings. The molecule has 9 heteroatoms. The number of halogens is 2. The highest BCUT2D eigenvalue weighted by Crippen LogP contribution is 2.54. The Labute approximate surface area is 271 Å². The highest BCUT2D eigenvalue weighted by Gasteiger charge is 2.48. The van der Waals surface area contributed by atoms with Crippen molar-refractivity contribution in [2.24, 2.45) is 10.8 Å². The molecular formula is C34H37ClINO6. The van der Waals surface area contributed by atoms with Gasteiger partial charge in [-0.25, -0.2) is 0 Å². The summed E-state index contributed by atoms with van der Waals surface area (Å²) in [6.45, 7) is 12.1. The Morgan fingerprint density at radius 3 is 2.14 bits per heavy atom. The number of allylic oxidation sites excluding steroid dienone is 4. The topological polar surface area (TPSA) is 90.9 Å². The summed E-state index contributed by atoms with van der Waals surface area (Å²) in [7, 11) is 0. The average Bonchev–Trinajstić information content (AvgIpc) is 2.87. The van der Waals surface area contributed by atoms with Crippen molar-refractivity contribution < 1.29 is 28.6 Å². The van der Waals surface area contributed by atoms with Gasteiger partial charge in [-0.2, -0.15) is 0 Å². The van der Waals surface area contributed by atoms with E-state index in [1.54, 1.807) is 12.1 Å². The summed E-state index contributed by atoms with van der Waals surface area (Å²) in [6.07, 6.45) is 2.00. The lowest BCUT2D eigenvalue weighted by atomic mass is 9.65. The molecule has 7 nitrogen and oxygen atoms in total. The molecule has 0 spiro atoms. The summed E-state index contributed by atoms with van der Waals surface area (Å²) in [4.78, 5) is 40.1. The van der Waals surface area contributed by atoms with Crippen LogP contribution in [-0.2, 0) is 19.1 Å². The number of hydrogen-bond acceptors (Lipinski definition) is 6. The van der Waals surface area contributed by atoms with Gasteiger partial charge in [0, 0.05) is 53.5 Å². The third kappa shape index (κ3) is 6.65. The number of aryl methyl sites for hydroxylation is 1. The van der Waals surface area contributed by atoms with Gasteiger partial charge in [0.25, 0.3) is 5.91 Å². The molecule has 0 aromatic heterocycles. The van der Waals surface area contributed by atoms with Gasteiger partial charge < -0.3 is 19.5 Å². The van der Waals surface area contributed by atoms with Crippen LogP contribution in [0, 0.1) is 21.3 Å². The molecule has 0 saturated heterocycles. The van der Waals surface area contributed by atoms with E-state index in [-0.39, 0.29) is 34.9 Å². The molecule has 1 amide bonds. The van der Waals surface area contributed by atoms with Crippen molar-refractivity contribution >= 4 is 57.4 Å². The van der Waals surface area contributed by atoms with E-state index >= 15 is 0 Å². The molecule has 1 aliphatic heterocycles. The molecule has 0 bridgehead atoms. The van der Waals surface area contributed by atoms with Gasteiger partial charge in [0.2, 0.25) is 0 Å². The van der Waals surface area contributed by atoms with Gasteiger partial charge in [-0.15, -0.1) is 0 Å². The van der Waals surface area contributed by atoms with Crippen molar-refractivity contribution in [3.63, 3.8) is 0 Å². The Morgan fingerprint density at radius 2 is 1.58 bits per heavy atom. The maximum atomic E-state index is 13.7. The predicted molar refractivity (Wildman–Crippen MR) is 175 cm³/mol. The molecule has 2 aliphatic carbocycles. The monoisotopic (exact) mass is 717 g/mol. The molecule has 2 aromatic rings. The van der Waals surface area contributed by atoms with Crippen LogP contribution in [0.3, 0.4) is 0 Å². The van der Waals surface area contributed by atoms with Gasteiger partial charge >= 0.3 is 0 Å². The largest absolute Gasteiger partial charge is 0.490 e. The van der Waals surface area contributed by atoms with E-state index in [1.165, 1.54) is 0 Å². The minimum absolute atomic E-state index is 0.00149. The Kier molecular flexibility index (Phi) is 8.75. The van der Waals surface area contributed by atoms with Crippen molar-refractivity contribution in [2.75, 3.05) is 18.5 Å². The Bertz CT molecular complexity index is 1540. The summed E-state index contributed by atoms with van der Waals surface area (Å²) in [5, 5.41) is 3.37. The normalized spacial score (nSPS) is 19.4. The first-order valence-electron chi connectivity index (χ1n) is 14.5. The number of Topliss-reactive ketones (excluding diaryl/α,β-unsaturated/α-hetero) is 2. The third-order valence-electron chi connectivity index (χ3n) is 8.05. The fourth-order valence-corrected chi connectivity index (χ4v) is 7.13. The molecule has 1 heterocycles. The number of ether oxygens (including phenoxy) is 3. The SMILES string of the molecule is CCOc1cc(C2C3=C(CC(C)(C)CC3=O)OC3=C2C(=O)CC(C)(C)C3)cc(I)c1OCC(=O)Nc1ccc(C)c(Cl)c1. The Balaban J connectivity index is 1.51. The molecular weight excluding hydrogens is 681 g/mol. The fraction of sp³-hybridized carbons (Fsp3) is 0.441. The van der Waals surface area contributed by atoms with Crippen molar-refractivity contribution in [1.82, 2.24) is 0 Å². The summed E-state index contributed by atoms with van der Waals surface area (Å²) >= 11 is 8.36. The minimum atomic E-state index is -0.553. The maximum absolute atomic E-state index is 13.7. The van der Waals surface area contributed by atoms with E-state index in [0.29, 0.717) is 80.7 Å². The van der Waals surface area contributed by atoms with E-state index in [4.69, 9.17) is 25.8 Å². The van der Waals surface area contributed by atoms with Crippen LogP contribution >= 0.6 is 34.2 Å². The first-order valence-corrected chi connectivity index (χ1v) is 16.0. The zero-order valence-corrected chi connectivity index (χ0v) is 28.3. The maximum Gasteiger partial charge on any atom is 0.262 e. The van der Waals surface area contributed by atoms with Crippen molar-refractivity contribution in [3.8, 4) is 11.5 Å². The zero-order valence-electron chi connectivity index (χ0n) is 25.4. The number of rotatable bonds is 7. The van der Waals surface area contributed by atoms with Crippen LogP contribution in [0.15, 0.2) is 53.0 Å². The van der Waals surface area contributed by atoms with Gasteiger partial charge in [0.05, 0.1) is 10.2 Å². The molecule has 0 atom stereocenters. The van der Waals surface area contributed by atoms with Crippen LogP contribution in [0.5, 0.6) is 11.5 Å². The number of carbonyl (C=O) groups is 3. The predicted octanol–water partition coefficient (Wildman–Crippen LogP) is 8.07. The molecule has 0 fully saturated rings. The van der Waals surface area contributed by atoms with Gasteiger partial charge in [0.1, 0.15) is 11.5 Å². The standard InChI is InChI=1S/C34H37ClINO6/c1-7-41-25-11-19(10-22(36)32(25)42-17-28(40)37-20-9-8-18(2)21(35)12-20)29-30-23(38)13-33(3,4)15-26(30)43-27-16-34(5,6)14-24(39)31(27)29/h8-12,29H,7,13-17H2,1-6H3,(H,37,40). The van der Waals surface area contributed by atoms with Gasteiger partial charge in [-0.3, -0.25) is 14.4 Å². The van der Waals surface area contributed by atoms with E-state index in [9.17, 15) is 14.4 Å². The van der Waals surface area contributed by atoms with Crippen LogP contribution in [-0.4, -0.2) is 30.7 Å². The molecule has 1 N–H and O–H groups in total. The van der Waals surface area contributed by atoms with Gasteiger partial charge in [0.15, 0.2) is 29.7 Å². The first kappa shape index (κ1) is 31.6. The first-order chi connectivity index (χ1) is 20.2. The quantitative estimate of drug-likeness (QED) is 0.292. The lowest BCUT2D eigenvalue weighted by molar-refractivity contribution is -0.120. The minimum Gasteiger partial charge on any atom is -0.490 e. The van der Waals surface area contributed by atoms with Crippen LogP contribution in [0.2, 0.25) is 5.02 Å². The second-order valence-electron chi connectivity index (χ2n) is 13.2. The van der Waals surface area contributed by atoms with Crippen molar-refractivity contribution in [1.29, 1.82) is 0 Å². The van der Waals surface area contributed by atoms with E-state index in [2.05, 4.69) is 55.6 Å². The van der Waals surface area contributed by atoms with E-state index < -0.39 is 5.92 Å². The smallest absolute Gasteiger partial charge is 0.262 e. The molecule has 2 aromatic carbocycles. The summed E-state index contributed by atoms with van der Waals surface area (Å²) in [6, 6.07) is 9.07. The number of nitrogens with one attached hydrogen (secondary N) is 1.